The molecule has 0 spiro atoms. The van der Waals surface area contributed by atoms with Crippen molar-refractivity contribution < 1.29 is 4.79 Å². The lowest BCUT2D eigenvalue weighted by Crippen LogP contribution is -2.09. The largest absolute Gasteiger partial charge is 0.378 e. The molecule has 1 heterocycles. The summed E-state index contributed by atoms with van der Waals surface area (Å²) in [5.41, 5.74) is 7.15. The third-order valence-corrected chi connectivity index (χ3v) is 4.81. The number of hydrogen-bond acceptors (Lipinski definition) is 5. The van der Waals surface area contributed by atoms with Gasteiger partial charge in [-0.15, -0.1) is 0 Å². The molecule has 0 atom stereocenters. The minimum Gasteiger partial charge on any atom is -0.378 e. The maximum atomic E-state index is 12.3. The number of nitrogens with one attached hydrogen (secondary N) is 2. The molecule has 0 unspecified atom stereocenters. The van der Waals surface area contributed by atoms with E-state index in [-0.39, 0.29) is 11.1 Å². The number of amides is 1. The number of nitrogens with two attached hydrogens (primary N) is 1. The minimum atomic E-state index is -0.304. The second-order valence-electron chi connectivity index (χ2n) is 4.82. The Labute approximate surface area is 147 Å². The number of rotatable bonds is 4. The van der Waals surface area contributed by atoms with Crippen molar-refractivity contribution in [3.63, 3.8) is 0 Å². The van der Waals surface area contributed by atoms with Crippen LogP contribution in [-0.4, -0.2) is 16.1 Å². The molecule has 0 bridgehead atoms. The fourth-order valence-corrected chi connectivity index (χ4v) is 3.60. The van der Waals surface area contributed by atoms with E-state index in [1.165, 1.54) is 17.4 Å². The van der Waals surface area contributed by atoms with Crippen molar-refractivity contribution in [1.29, 1.82) is 5.41 Å². The van der Waals surface area contributed by atoms with E-state index < -0.39 is 0 Å². The van der Waals surface area contributed by atoms with E-state index in [1.54, 1.807) is 0 Å². The van der Waals surface area contributed by atoms with Gasteiger partial charge in [0.25, 0.3) is 5.91 Å². The van der Waals surface area contributed by atoms with Crippen molar-refractivity contribution in [2.24, 2.45) is 5.73 Å². The maximum Gasteiger partial charge on any atom is 0.251 e. The minimum absolute atomic E-state index is 0.0714. The van der Waals surface area contributed by atoms with Crippen molar-refractivity contribution in [2.45, 2.75) is 0 Å². The number of carbonyl (C=O) groups is 1. The summed E-state index contributed by atoms with van der Waals surface area (Å²) in [6, 6.07) is 17.1. The first-order valence-electron chi connectivity index (χ1n) is 7.07. The van der Waals surface area contributed by atoms with Crippen LogP contribution in [0.25, 0.3) is 15.1 Å². The number of fused-ring (bicyclic) bond motifs is 1. The monoisotopic (exact) mass is 354 g/mol. The number of carbonyl (C=O) groups excluding carboxylic acids is 1. The van der Waals surface area contributed by atoms with Crippen LogP contribution in [0.2, 0.25) is 0 Å². The molecule has 0 aliphatic carbocycles. The van der Waals surface area contributed by atoms with Crippen LogP contribution in [0.4, 0.5) is 5.13 Å². The second-order valence-corrected chi connectivity index (χ2v) is 6.93. The molecule has 3 aromatic rings. The maximum absolute atomic E-state index is 12.3. The number of thiazole rings is 1. The summed E-state index contributed by atoms with van der Waals surface area (Å²) in [6.07, 6.45) is 1.44. The number of benzene rings is 2. The highest BCUT2D eigenvalue weighted by Gasteiger charge is 2.10. The Kier molecular flexibility index (Phi) is 4.93. The molecule has 5 nitrogen and oxygen atoms in total. The van der Waals surface area contributed by atoms with Crippen LogP contribution in [0.5, 0.6) is 0 Å². The molecule has 0 fully saturated rings. The van der Waals surface area contributed by atoms with Crippen LogP contribution in [0, 0.1) is 5.41 Å². The normalized spacial score (nSPS) is 11.4. The SMILES string of the molecule is N=C(N)SC(=CC(=O)Nc1nc2ccccc2s1)c1ccccc1. The first-order chi connectivity index (χ1) is 11.6. The molecule has 4 N–H and O–H groups in total. The fourth-order valence-electron chi connectivity index (χ4n) is 2.08. The predicted molar refractivity (Wildman–Crippen MR) is 102 cm³/mol. The predicted octanol–water partition coefficient (Wildman–Crippen LogP) is 3.90. The molecule has 2 aromatic carbocycles. The zero-order valence-electron chi connectivity index (χ0n) is 12.5. The van der Waals surface area contributed by atoms with Gasteiger partial charge in [-0.05, 0) is 17.7 Å². The van der Waals surface area contributed by atoms with E-state index in [0.29, 0.717) is 10.0 Å². The molecule has 7 heteroatoms. The van der Waals surface area contributed by atoms with Gasteiger partial charge in [0.1, 0.15) is 0 Å². The molecule has 0 aliphatic rings. The lowest BCUT2D eigenvalue weighted by Gasteiger charge is -2.06. The van der Waals surface area contributed by atoms with Crippen LogP contribution in [0.3, 0.4) is 0 Å². The molecule has 0 aliphatic heterocycles. The number of amidine groups is 1. The van der Waals surface area contributed by atoms with Gasteiger partial charge in [0, 0.05) is 11.0 Å². The first kappa shape index (κ1) is 16.2. The van der Waals surface area contributed by atoms with Crippen molar-refractivity contribution >= 4 is 54.4 Å². The molecule has 0 saturated heterocycles. The summed E-state index contributed by atoms with van der Waals surface area (Å²) in [7, 11) is 0. The third-order valence-electron chi connectivity index (χ3n) is 3.06. The van der Waals surface area contributed by atoms with Gasteiger partial charge >= 0.3 is 0 Å². The molecular formula is C17H14N4OS2. The lowest BCUT2D eigenvalue weighted by molar-refractivity contribution is -0.111. The van der Waals surface area contributed by atoms with Crippen molar-refractivity contribution in [2.75, 3.05) is 5.32 Å². The van der Waals surface area contributed by atoms with Crippen LogP contribution in [-0.2, 0) is 4.79 Å². The molecule has 1 amide bonds. The number of para-hydroxylation sites is 1. The molecule has 0 radical (unpaired) electrons. The summed E-state index contributed by atoms with van der Waals surface area (Å²) in [4.78, 5) is 17.3. The topological polar surface area (TPSA) is 91.9 Å². The standard InChI is InChI=1S/C17H14N4OS2/c18-16(19)23-14(11-6-2-1-3-7-11)10-15(22)21-17-20-12-8-4-5-9-13(12)24-17/h1-10H,(H3,18,19)(H,20,21,22). The van der Waals surface area contributed by atoms with E-state index >= 15 is 0 Å². The summed E-state index contributed by atoms with van der Waals surface area (Å²) in [6.45, 7) is 0. The van der Waals surface area contributed by atoms with Gasteiger partial charge in [0.15, 0.2) is 10.3 Å². The molecule has 24 heavy (non-hydrogen) atoms. The van der Waals surface area contributed by atoms with Crippen LogP contribution in [0.1, 0.15) is 5.56 Å². The van der Waals surface area contributed by atoms with Gasteiger partial charge in [-0.3, -0.25) is 15.5 Å². The number of thioether (sulfide) groups is 1. The molecule has 0 saturated carbocycles. The highest BCUT2D eigenvalue weighted by molar-refractivity contribution is 8.21. The molecular weight excluding hydrogens is 340 g/mol. The highest BCUT2D eigenvalue weighted by atomic mass is 32.2. The molecule has 3 rings (SSSR count). The van der Waals surface area contributed by atoms with E-state index in [4.69, 9.17) is 11.1 Å². The summed E-state index contributed by atoms with van der Waals surface area (Å²) < 4.78 is 1.01. The van der Waals surface area contributed by atoms with Gasteiger partial charge < -0.3 is 5.73 Å². The zero-order chi connectivity index (χ0) is 16.9. The van der Waals surface area contributed by atoms with Crippen molar-refractivity contribution in [3.8, 4) is 0 Å². The smallest absolute Gasteiger partial charge is 0.251 e. The zero-order valence-corrected chi connectivity index (χ0v) is 14.2. The van der Waals surface area contributed by atoms with Gasteiger partial charge in [-0.1, -0.05) is 65.6 Å². The quantitative estimate of drug-likeness (QED) is 0.376. The molecule has 1 aromatic heterocycles. The first-order valence-corrected chi connectivity index (χ1v) is 8.70. The number of nitrogens with zero attached hydrogens (tertiary/aromatic N) is 1. The Bertz CT molecular complexity index is 885. The fraction of sp³-hybridized carbons (Fsp3) is 0. The average Bonchev–Trinajstić information content (AvgIpc) is 2.96. The second kappa shape index (κ2) is 7.29. The van der Waals surface area contributed by atoms with Crippen LogP contribution < -0.4 is 11.1 Å². The third kappa shape index (κ3) is 4.01. The Balaban J connectivity index is 1.83. The number of hydrogen-bond donors (Lipinski definition) is 3. The lowest BCUT2D eigenvalue weighted by atomic mass is 10.2. The van der Waals surface area contributed by atoms with Crippen molar-refractivity contribution in [1.82, 2.24) is 4.98 Å². The van der Waals surface area contributed by atoms with Crippen LogP contribution in [0.15, 0.2) is 60.7 Å². The highest BCUT2D eigenvalue weighted by Crippen LogP contribution is 2.28. The number of anilines is 1. The van der Waals surface area contributed by atoms with Crippen LogP contribution >= 0.6 is 23.1 Å². The van der Waals surface area contributed by atoms with E-state index in [0.717, 1.165) is 27.5 Å². The Morgan fingerprint density at radius 3 is 2.58 bits per heavy atom. The Morgan fingerprint density at radius 1 is 1.17 bits per heavy atom. The van der Waals surface area contributed by atoms with Gasteiger partial charge in [0.05, 0.1) is 10.2 Å². The van der Waals surface area contributed by atoms with E-state index in [9.17, 15) is 4.79 Å². The summed E-state index contributed by atoms with van der Waals surface area (Å²) in [5, 5.41) is 10.7. The summed E-state index contributed by atoms with van der Waals surface area (Å²) >= 11 is 2.46. The summed E-state index contributed by atoms with van der Waals surface area (Å²) in [5.74, 6) is -0.304. The van der Waals surface area contributed by atoms with Gasteiger partial charge in [-0.2, -0.15) is 0 Å². The number of aromatic nitrogens is 1. The van der Waals surface area contributed by atoms with E-state index in [2.05, 4.69) is 10.3 Å². The average molecular weight is 354 g/mol. The Morgan fingerprint density at radius 2 is 1.88 bits per heavy atom. The van der Waals surface area contributed by atoms with Gasteiger partial charge in [-0.25, -0.2) is 4.98 Å². The van der Waals surface area contributed by atoms with E-state index in [1.807, 2.05) is 54.6 Å². The van der Waals surface area contributed by atoms with Crippen molar-refractivity contribution in [3.05, 3.63) is 66.2 Å². The van der Waals surface area contributed by atoms with Gasteiger partial charge in [0.2, 0.25) is 0 Å². The molecule has 120 valence electrons. The Hall–Kier alpha value is -2.64.